The van der Waals surface area contributed by atoms with E-state index in [9.17, 15) is 0 Å². The summed E-state index contributed by atoms with van der Waals surface area (Å²) >= 11 is 0. The fourth-order valence-electron chi connectivity index (χ4n) is 0. The molecule has 0 rings (SSSR count). The summed E-state index contributed by atoms with van der Waals surface area (Å²) in [7, 11) is -4.92. The van der Waals surface area contributed by atoms with Crippen molar-refractivity contribution in [1.29, 1.82) is 0 Å². The van der Waals surface area contributed by atoms with Crippen LogP contribution in [0.4, 0.5) is 0 Å². The Hall–Kier alpha value is 0.347. The van der Waals surface area contributed by atoms with Crippen molar-refractivity contribution < 1.29 is 41.9 Å². The van der Waals surface area contributed by atoms with Gasteiger partial charge in [-0.1, -0.05) is 0 Å². The van der Waals surface area contributed by atoms with Crippen LogP contribution in [-0.4, -0.2) is 23.0 Å². The van der Waals surface area contributed by atoms with Gasteiger partial charge in [0.25, 0.3) is 0 Å². The largest absolute Gasteiger partial charge is 1.00 e. The predicted octanol–water partition coefficient (Wildman–Crippen LogP) is -6.00. The van der Waals surface area contributed by atoms with Gasteiger partial charge in [0.2, 0.25) is 10.4 Å². The molecule has 0 aromatic heterocycles. The van der Waals surface area contributed by atoms with E-state index in [1.165, 1.54) is 0 Å². The molecule has 7 N–H and O–H groups in total. The number of rotatable bonds is 0. The molecule has 9 heteroatoms. The molecule has 7 nitrogen and oxygen atoms in total. The first-order valence-corrected chi connectivity index (χ1v) is 2.38. The minimum absolute atomic E-state index is 0. The van der Waals surface area contributed by atoms with E-state index in [4.69, 9.17) is 17.5 Å². The van der Waals surface area contributed by atoms with E-state index in [1.54, 1.807) is 0 Å². The van der Waals surface area contributed by atoms with Crippen LogP contribution in [0, 0.1) is 0 Å². The zero-order valence-corrected chi connectivity index (χ0v) is 5.55. The van der Waals surface area contributed by atoms with E-state index >= 15 is 0 Å². The Morgan fingerprint density at radius 1 is 1.33 bits per heavy atom. The molecule has 0 atom stereocenters. The quantitative estimate of drug-likeness (QED) is 0.103. The third-order valence-corrected chi connectivity index (χ3v) is 0. The molecule has 0 saturated carbocycles. The smallest absolute Gasteiger partial charge is 0.726 e. The SMILES string of the molecule is NN.O.O=S(=O)([O-])O.[Li+]. The number of hydrazine groups is 1. The van der Waals surface area contributed by atoms with Crippen LogP contribution in [0.2, 0.25) is 0 Å². The summed E-state index contributed by atoms with van der Waals surface area (Å²) in [6.45, 7) is 0. The van der Waals surface area contributed by atoms with Gasteiger partial charge in [-0.05, 0) is 0 Å². The Morgan fingerprint density at radius 2 is 1.33 bits per heavy atom. The van der Waals surface area contributed by atoms with Gasteiger partial charge in [-0.25, -0.2) is 8.42 Å². The van der Waals surface area contributed by atoms with Crippen molar-refractivity contribution in [2.75, 3.05) is 0 Å². The van der Waals surface area contributed by atoms with Gasteiger partial charge in [-0.15, -0.1) is 0 Å². The maximum absolute atomic E-state index is 8.63. The van der Waals surface area contributed by atoms with Crippen LogP contribution < -0.4 is 30.5 Å². The van der Waals surface area contributed by atoms with Crippen LogP contribution in [-0.2, 0) is 10.4 Å². The maximum Gasteiger partial charge on any atom is 1.00 e. The third kappa shape index (κ3) is 2790. The first kappa shape index (κ1) is 22.8. The molecule has 54 valence electrons. The first-order valence-electron chi connectivity index (χ1n) is 1.02. The van der Waals surface area contributed by atoms with Gasteiger partial charge >= 0.3 is 18.9 Å². The molecule has 0 aromatic carbocycles. The van der Waals surface area contributed by atoms with Crippen molar-refractivity contribution in [2.24, 2.45) is 11.7 Å². The van der Waals surface area contributed by atoms with Crippen LogP contribution >= 0.6 is 0 Å². The monoisotopic (exact) mass is 154 g/mol. The summed E-state index contributed by atoms with van der Waals surface area (Å²) in [4.78, 5) is 0. The van der Waals surface area contributed by atoms with Crippen molar-refractivity contribution in [1.82, 2.24) is 0 Å². The third-order valence-electron chi connectivity index (χ3n) is 0. The van der Waals surface area contributed by atoms with Crippen molar-refractivity contribution in [2.45, 2.75) is 0 Å². The molecule has 0 bridgehead atoms. The molecule has 0 fully saturated rings. The molecule has 0 aliphatic rings. The Balaban J connectivity index is -0.0000000286. The van der Waals surface area contributed by atoms with Gasteiger partial charge in [0.05, 0.1) is 0 Å². The van der Waals surface area contributed by atoms with Gasteiger partial charge < -0.3 is 10.0 Å². The summed E-state index contributed by atoms with van der Waals surface area (Å²) in [5, 5.41) is 0. The van der Waals surface area contributed by atoms with Crippen molar-refractivity contribution in [3.63, 3.8) is 0 Å². The van der Waals surface area contributed by atoms with E-state index in [0.717, 1.165) is 0 Å². The summed E-state index contributed by atoms with van der Waals surface area (Å²) in [6, 6.07) is 0. The van der Waals surface area contributed by atoms with E-state index in [1.807, 2.05) is 0 Å². The first-order chi connectivity index (χ1) is 3.00. The van der Waals surface area contributed by atoms with Crippen molar-refractivity contribution in [3.8, 4) is 0 Å². The van der Waals surface area contributed by atoms with E-state index < -0.39 is 10.4 Å². The average Bonchev–Trinajstić information content (AvgIpc) is 1.36. The second-order valence-corrected chi connectivity index (χ2v) is 1.28. The van der Waals surface area contributed by atoms with Gasteiger partial charge in [-0.3, -0.25) is 16.2 Å². The van der Waals surface area contributed by atoms with Crippen LogP contribution in [0.25, 0.3) is 0 Å². The molecule has 0 aliphatic heterocycles. The predicted molar refractivity (Wildman–Crippen MR) is 24.3 cm³/mol. The zero-order chi connectivity index (χ0) is 6.50. The Labute approximate surface area is 64.4 Å². The van der Waals surface area contributed by atoms with Crippen LogP contribution in [0.15, 0.2) is 0 Å². The second-order valence-electron chi connectivity index (χ2n) is 0.428. The molecular formula is H7LiN2O5S. The van der Waals surface area contributed by atoms with Crippen molar-refractivity contribution >= 4 is 10.4 Å². The minimum Gasteiger partial charge on any atom is -0.726 e. The Bertz CT molecular complexity index is 98.1. The Kier molecular flexibility index (Phi) is 28.3. The van der Waals surface area contributed by atoms with E-state index in [-0.39, 0.29) is 24.3 Å². The van der Waals surface area contributed by atoms with E-state index in [2.05, 4.69) is 11.7 Å². The summed E-state index contributed by atoms with van der Waals surface area (Å²) in [5.74, 6) is 8.00. The molecule has 0 saturated heterocycles. The maximum atomic E-state index is 8.63. The second kappa shape index (κ2) is 11.2. The fraction of sp³-hybridized carbons (Fsp3) is 0. The molecular weight excluding hydrogens is 147 g/mol. The molecule has 0 unspecified atom stereocenters. The van der Waals surface area contributed by atoms with Crippen LogP contribution in [0.1, 0.15) is 0 Å². The van der Waals surface area contributed by atoms with Gasteiger partial charge in [0.1, 0.15) is 0 Å². The number of hydrogen-bond acceptors (Lipinski definition) is 5. The molecule has 0 amide bonds. The van der Waals surface area contributed by atoms with Crippen LogP contribution in [0.5, 0.6) is 0 Å². The molecule has 0 aromatic rings. The average molecular weight is 154 g/mol. The minimum atomic E-state index is -4.92. The molecule has 0 heterocycles. The van der Waals surface area contributed by atoms with Gasteiger partial charge in [0, 0.05) is 0 Å². The van der Waals surface area contributed by atoms with Crippen molar-refractivity contribution in [3.05, 3.63) is 0 Å². The number of hydrogen-bond donors (Lipinski definition) is 3. The van der Waals surface area contributed by atoms with Crippen LogP contribution in [0.3, 0.4) is 0 Å². The fourth-order valence-corrected chi connectivity index (χ4v) is 0. The summed E-state index contributed by atoms with van der Waals surface area (Å²) in [5.41, 5.74) is 0. The summed E-state index contributed by atoms with van der Waals surface area (Å²) in [6.07, 6.45) is 0. The molecule has 0 spiro atoms. The Morgan fingerprint density at radius 3 is 1.33 bits per heavy atom. The van der Waals surface area contributed by atoms with Gasteiger partial charge in [-0.2, -0.15) is 0 Å². The zero-order valence-electron chi connectivity index (χ0n) is 4.73. The molecule has 9 heavy (non-hydrogen) atoms. The standard InChI is InChI=1S/Li.H4N2.H2O4S.H2O/c;1-2;1-5(2,3)4;/h;1-2H2;(H2,1,2,3,4);1H2/q+1;;;/p-1. The van der Waals surface area contributed by atoms with Gasteiger partial charge in [0.15, 0.2) is 0 Å². The topological polar surface area (TPSA) is 161 Å². The molecule has 0 aliphatic carbocycles. The van der Waals surface area contributed by atoms with E-state index in [0.29, 0.717) is 0 Å². The molecule has 0 radical (unpaired) electrons. The summed E-state index contributed by atoms with van der Waals surface area (Å²) < 4.78 is 32.8. The normalized spacial score (nSPS) is 7.11. The number of nitrogens with two attached hydrogens (primary N) is 2.